The molecule has 0 saturated carbocycles. The topological polar surface area (TPSA) is 0 Å². The first-order chi connectivity index (χ1) is 9.75. The first-order valence-electron chi connectivity index (χ1n) is 7.39. The van der Waals surface area contributed by atoms with Gasteiger partial charge in [-0.3, -0.25) is 0 Å². The molecule has 1 unspecified atom stereocenters. The summed E-state index contributed by atoms with van der Waals surface area (Å²) >= 11 is 1.62. The molecule has 0 nitrogen and oxygen atoms in total. The molecule has 2 aromatic rings. The van der Waals surface area contributed by atoms with E-state index in [-0.39, 0.29) is 0 Å². The van der Waals surface area contributed by atoms with Crippen LogP contribution in [0.2, 0.25) is 0 Å². The van der Waals surface area contributed by atoms with Crippen LogP contribution in [0.5, 0.6) is 0 Å². The minimum absolute atomic E-state index is 0.672. The maximum atomic E-state index is 2.51. The normalized spacial score (nSPS) is 19.6. The van der Waals surface area contributed by atoms with Gasteiger partial charge in [0.2, 0.25) is 0 Å². The third kappa shape index (κ3) is 1.83. The Hall–Kier alpha value is -0.937. The molecule has 0 amide bonds. The molecule has 20 heavy (non-hydrogen) atoms. The van der Waals surface area contributed by atoms with Crippen LogP contribution in [0.15, 0.2) is 42.0 Å². The Morgan fingerprint density at radius 2 is 1.90 bits per heavy atom. The number of rotatable bonds is 1. The van der Waals surface area contributed by atoms with E-state index in [9.17, 15) is 0 Å². The summed E-state index contributed by atoms with van der Waals surface area (Å²) in [6, 6.07) is 13.5. The Balaban J connectivity index is 2.05. The number of aryl methyl sites for hydroxylation is 1. The summed E-state index contributed by atoms with van der Waals surface area (Å²) in [6.45, 7) is 2.29. The monoisotopic (exact) mass is 335 g/mol. The maximum absolute atomic E-state index is 2.51. The van der Waals surface area contributed by atoms with Crippen molar-refractivity contribution < 1.29 is 24.7 Å². The van der Waals surface area contributed by atoms with E-state index in [1.54, 1.807) is 47.0 Å². The summed E-state index contributed by atoms with van der Waals surface area (Å²) < 4.78 is 0.672. The van der Waals surface area contributed by atoms with Crippen molar-refractivity contribution in [3.05, 3.63) is 64.2 Å². The average Bonchev–Trinajstić information content (AvgIpc) is 3.04. The van der Waals surface area contributed by atoms with Gasteiger partial charge < -0.3 is 0 Å². The second-order valence-electron chi connectivity index (χ2n) is 5.93. The zero-order valence-corrected chi connectivity index (χ0v) is 14.2. The van der Waals surface area contributed by atoms with Crippen molar-refractivity contribution in [2.45, 2.75) is 29.8 Å². The molecule has 0 saturated heterocycles. The molecule has 2 aromatic carbocycles. The fourth-order valence-corrected chi connectivity index (χ4v) is 4.46. The van der Waals surface area contributed by atoms with Gasteiger partial charge in [0.05, 0.1) is 0 Å². The van der Waals surface area contributed by atoms with Gasteiger partial charge in [0.1, 0.15) is 0 Å². The van der Waals surface area contributed by atoms with Gasteiger partial charge in [-0.05, 0) is 0 Å². The van der Waals surface area contributed by atoms with Crippen LogP contribution in [0, 0.1) is 0 Å². The fraction of sp³-hybridized carbons (Fsp3) is 0.263. The van der Waals surface area contributed by atoms with E-state index >= 15 is 0 Å². The molecule has 2 aliphatic carbocycles. The van der Waals surface area contributed by atoms with Gasteiger partial charge >= 0.3 is 136 Å². The Morgan fingerprint density at radius 1 is 1.10 bits per heavy atom. The SMILES string of the molecule is CC1=Cc2c(cc3c(c2-c2ccccc2)CCC3)[CH]1[Zr]. The summed E-state index contributed by atoms with van der Waals surface area (Å²) in [5.74, 6) is 0. The van der Waals surface area contributed by atoms with Crippen LogP contribution in [0.3, 0.4) is 0 Å². The first kappa shape index (κ1) is 12.8. The van der Waals surface area contributed by atoms with E-state index in [0.717, 1.165) is 0 Å². The van der Waals surface area contributed by atoms with Gasteiger partial charge in [-0.25, -0.2) is 0 Å². The molecular weight excluding hydrogens is 319 g/mol. The zero-order chi connectivity index (χ0) is 13.7. The van der Waals surface area contributed by atoms with Gasteiger partial charge in [0.15, 0.2) is 0 Å². The summed E-state index contributed by atoms with van der Waals surface area (Å²) in [7, 11) is 0. The van der Waals surface area contributed by atoms with Gasteiger partial charge in [-0.15, -0.1) is 0 Å². The molecule has 1 atom stereocenters. The molecule has 0 heterocycles. The fourth-order valence-electron chi connectivity index (χ4n) is 3.67. The van der Waals surface area contributed by atoms with Crippen LogP contribution in [0.25, 0.3) is 17.2 Å². The molecule has 4 rings (SSSR count). The molecule has 0 bridgehead atoms. The van der Waals surface area contributed by atoms with Crippen molar-refractivity contribution in [3.8, 4) is 11.1 Å². The summed E-state index contributed by atoms with van der Waals surface area (Å²) in [4.78, 5) is 0. The van der Waals surface area contributed by atoms with E-state index < -0.39 is 0 Å². The van der Waals surface area contributed by atoms with E-state index in [1.165, 1.54) is 36.0 Å². The zero-order valence-electron chi connectivity index (χ0n) is 11.7. The Morgan fingerprint density at radius 3 is 2.70 bits per heavy atom. The van der Waals surface area contributed by atoms with Gasteiger partial charge in [-0.2, -0.15) is 0 Å². The average molecular weight is 337 g/mol. The number of hydrogen-bond acceptors (Lipinski definition) is 0. The Bertz CT molecular complexity index is 710. The summed E-state index contributed by atoms with van der Waals surface area (Å²) in [6.07, 6.45) is 6.28. The van der Waals surface area contributed by atoms with Crippen molar-refractivity contribution in [2.75, 3.05) is 0 Å². The van der Waals surface area contributed by atoms with Crippen LogP contribution in [-0.4, -0.2) is 0 Å². The number of fused-ring (bicyclic) bond motifs is 2. The van der Waals surface area contributed by atoms with Crippen LogP contribution >= 0.6 is 0 Å². The molecule has 0 aliphatic heterocycles. The molecule has 1 heteroatoms. The van der Waals surface area contributed by atoms with Gasteiger partial charge in [-0.1, -0.05) is 0 Å². The number of benzene rings is 2. The Labute approximate surface area is 135 Å². The molecule has 97 valence electrons. The van der Waals surface area contributed by atoms with E-state index in [1.807, 2.05) is 0 Å². The van der Waals surface area contributed by atoms with Gasteiger partial charge in [0.25, 0.3) is 0 Å². The molecule has 0 spiro atoms. The number of hydrogen-bond donors (Lipinski definition) is 0. The molecule has 0 N–H and O–H groups in total. The van der Waals surface area contributed by atoms with Crippen molar-refractivity contribution in [1.29, 1.82) is 0 Å². The molecular formula is C19H17Zr. The van der Waals surface area contributed by atoms with Crippen molar-refractivity contribution in [3.63, 3.8) is 0 Å². The van der Waals surface area contributed by atoms with E-state index in [2.05, 4.69) is 49.4 Å². The van der Waals surface area contributed by atoms with Crippen LogP contribution in [-0.2, 0) is 37.6 Å². The van der Waals surface area contributed by atoms with Crippen LogP contribution in [0.1, 0.15) is 39.2 Å². The van der Waals surface area contributed by atoms with Crippen molar-refractivity contribution in [2.24, 2.45) is 0 Å². The third-order valence-corrected chi connectivity index (χ3v) is 6.56. The van der Waals surface area contributed by atoms with Gasteiger partial charge in [0, 0.05) is 0 Å². The standard InChI is InChI=1S/C19H17.Zr/c1-13-10-16-12-15-8-5-9-17(15)19(18(16)11-13)14-6-3-2-4-7-14;/h2-4,6-7,10-12H,5,8-9H2,1H3;. The predicted molar refractivity (Wildman–Crippen MR) is 80.3 cm³/mol. The third-order valence-electron chi connectivity index (χ3n) is 4.67. The summed E-state index contributed by atoms with van der Waals surface area (Å²) in [5.41, 5.74) is 10.8. The second kappa shape index (κ2) is 4.81. The molecule has 2 aliphatic rings. The second-order valence-corrected chi connectivity index (χ2v) is 7.35. The molecule has 0 aromatic heterocycles. The van der Waals surface area contributed by atoms with Crippen molar-refractivity contribution in [1.82, 2.24) is 0 Å². The van der Waals surface area contributed by atoms with Crippen molar-refractivity contribution >= 4 is 6.08 Å². The minimum atomic E-state index is 0.672. The first-order valence-corrected chi connectivity index (χ1v) is 8.81. The van der Waals surface area contributed by atoms with E-state index in [0.29, 0.717) is 3.63 Å². The van der Waals surface area contributed by atoms with Crippen LogP contribution < -0.4 is 0 Å². The number of allylic oxidation sites excluding steroid dienone is 1. The Kier molecular flexibility index (Phi) is 3.07. The summed E-state index contributed by atoms with van der Waals surface area (Å²) in [5, 5.41) is 0. The molecule has 0 fully saturated rings. The molecule has 0 radical (unpaired) electrons. The quantitative estimate of drug-likeness (QED) is 0.698. The van der Waals surface area contributed by atoms with E-state index in [4.69, 9.17) is 0 Å². The van der Waals surface area contributed by atoms with Crippen LogP contribution in [0.4, 0.5) is 0 Å². The predicted octanol–water partition coefficient (Wildman–Crippen LogP) is 4.85.